The zero-order valence-corrected chi connectivity index (χ0v) is 10.9. The van der Waals surface area contributed by atoms with Gasteiger partial charge in [0, 0.05) is 24.5 Å². The molecule has 0 amide bonds. The van der Waals surface area contributed by atoms with Crippen LogP contribution in [0, 0.1) is 10.7 Å². The molecule has 4 nitrogen and oxygen atoms in total. The lowest BCUT2D eigenvalue weighted by molar-refractivity contribution is 0.467. The van der Waals surface area contributed by atoms with Crippen molar-refractivity contribution < 1.29 is 0 Å². The molecule has 0 aliphatic rings. The van der Waals surface area contributed by atoms with Crippen LogP contribution in [0.5, 0.6) is 0 Å². The number of nitrogens with zero attached hydrogens (tertiary/aromatic N) is 3. The zero-order chi connectivity index (χ0) is 12.3. The summed E-state index contributed by atoms with van der Waals surface area (Å²) in [6.07, 6.45) is 4.66. The second-order valence-corrected chi connectivity index (χ2v) is 4.60. The van der Waals surface area contributed by atoms with Gasteiger partial charge in [-0.3, -0.25) is 14.6 Å². The van der Waals surface area contributed by atoms with Crippen LogP contribution in [0.25, 0.3) is 11.4 Å². The summed E-state index contributed by atoms with van der Waals surface area (Å²) in [5, 5.41) is 7.15. The predicted octanol–water partition coefficient (Wildman–Crippen LogP) is 3.05. The lowest BCUT2D eigenvalue weighted by Crippen LogP contribution is -2.08. The van der Waals surface area contributed by atoms with Gasteiger partial charge in [-0.15, -0.1) is 0 Å². The summed E-state index contributed by atoms with van der Waals surface area (Å²) in [4.78, 5) is 4.01. The highest BCUT2D eigenvalue weighted by Crippen LogP contribution is 2.18. The summed E-state index contributed by atoms with van der Waals surface area (Å²) in [5.74, 6) is 1.47. The highest BCUT2D eigenvalue weighted by atomic mass is 32.1. The highest BCUT2D eigenvalue weighted by molar-refractivity contribution is 7.71. The largest absolute Gasteiger partial charge is 0.300 e. The fourth-order valence-corrected chi connectivity index (χ4v) is 1.86. The topological polar surface area (TPSA) is 46.5 Å². The van der Waals surface area contributed by atoms with Gasteiger partial charge in [-0.2, -0.15) is 5.10 Å². The molecule has 0 bridgehead atoms. The van der Waals surface area contributed by atoms with Crippen molar-refractivity contribution in [3.63, 3.8) is 0 Å². The molecule has 2 rings (SSSR count). The maximum atomic E-state index is 5.27. The normalized spacial score (nSPS) is 12.6. The molecular weight excluding hydrogens is 232 g/mol. The second-order valence-electron chi connectivity index (χ2n) is 4.21. The molecule has 2 heterocycles. The van der Waals surface area contributed by atoms with Gasteiger partial charge in [-0.05, 0) is 30.3 Å². The average Bonchev–Trinajstić information content (AvgIpc) is 2.72. The van der Waals surface area contributed by atoms with Crippen LogP contribution in [0.15, 0.2) is 24.5 Å². The second kappa shape index (κ2) is 5.23. The Morgan fingerprint density at radius 2 is 2.12 bits per heavy atom. The molecule has 1 atom stereocenters. The van der Waals surface area contributed by atoms with Crippen LogP contribution in [0.4, 0.5) is 0 Å². The molecule has 0 saturated carbocycles. The van der Waals surface area contributed by atoms with Gasteiger partial charge in [0.05, 0.1) is 0 Å². The number of hydrogen-bond acceptors (Lipinski definition) is 3. The van der Waals surface area contributed by atoms with Crippen LogP contribution < -0.4 is 0 Å². The van der Waals surface area contributed by atoms with Crippen LogP contribution in [0.1, 0.15) is 20.3 Å². The van der Waals surface area contributed by atoms with Crippen molar-refractivity contribution in [3.05, 3.63) is 29.3 Å². The average molecular weight is 248 g/mol. The van der Waals surface area contributed by atoms with Crippen LogP contribution in [0.3, 0.4) is 0 Å². The van der Waals surface area contributed by atoms with Crippen molar-refractivity contribution >= 4 is 12.2 Å². The van der Waals surface area contributed by atoms with Crippen molar-refractivity contribution in [2.24, 2.45) is 5.92 Å². The molecule has 2 aromatic rings. The standard InChI is InChI=1S/C12H16N4S/c1-3-9(2)8-16-11(14-15-12(16)17)10-4-6-13-7-5-10/h4-7,9H,3,8H2,1-2H3,(H,15,17). The van der Waals surface area contributed by atoms with E-state index >= 15 is 0 Å². The SMILES string of the molecule is CCC(C)Cn1c(-c2ccncc2)n[nH]c1=S. The molecule has 0 aliphatic carbocycles. The fraction of sp³-hybridized carbons (Fsp3) is 0.417. The van der Waals surface area contributed by atoms with E-state index in [-0.39, 0.29) is 0 Å². The van der Waals surface area contributed by atoms with Crippen LogP contribution in [-0.4, -0.2) is 19.7 Å². The fourth-order valence-electron chi connectivity index (χ4n) is 1.65. The number of aromatic amines is 1. The van der Waals surface area contributed by atoms with Gasteiger partial charge in [0.15, 0.2) is 10.6 Å². The molecule has 0 spiro atoms. The van der Waals surface area contributed by atoms with Gasteiger partial charge in [0.1, 0.15) is 0 Å². The Balaban J connectivity index is 2.39. The molecule has 2 aromatic heterocycles. The van der Waals surface area contributed by atoms with E-state index in [2.05, 4.69) is 33.6 Å². The number of nitrogens with one attached hydrogen (secondary N) is 1. The van der Waals surface area contributed by atoms with E-state index in [1.165, 1.54) is 0 Å². The number of pyridine rings is 1. The first kappa shape index (κ1) is 12.0. The van der Waals surface area contributed by atoms with Crippen LogP contribution in [-0.2, 0) is 6.54 Å². The van der Waals surface area contributed by atoms with Crippen molar-refractivity contribution in [1.82, 2.24) is 19.7 Å². The Morgan fingerprint density at radius 1 is 1.41 bits per heavy atom. The molecule has 0 aliphatic heterocycles. The van der Waals surface area contributed by atoms with Crippen LogP contribution >= 0.6 is 12.2 Å². The maximum Gasteiger partial charge on any atom is 0.195 e. The summed E-state index contributed by atoms with van der Waals surface area (Å²) in [6, 6.07) is 3.89. The third kappa shape index (κ3) is 2.61. The Kier molecular flexibility index (Phi) is 3.68. The van der Waals surface area contributed by atoms with Crippen molar-refractivity contribution in [3.8, 4) is 11.4 Å². The van der Waals surface area contributed by atoms with Gasteiger partial charge in [0.25, 0.3) is 0 Å². The smallest absolute Gasteiger partial charge is 0.195 e. The molecular formula is C12H16N4S. The summed E-state index contributed by atoms with van der Waals surface area (Å²) >= 11 is 5.27. The molecule has 0 radical (unpaired) electrons. The Labute approximate surface area is 106 Å². The third-order valence-electron chi connectivity index (χ3n) is 2.89. The summed E-state index contributed by atoms with van der Waals surface area (Å²) in [6.45, 7) is 5.29. The van der Waals surface area contributed by atoms with E-state index in [1.54, 1.807) is 12.4 Å². The monoisotopic (exact) mass is 248 g/mol. The lowest BCUT2D eigenvalue weighted by Gasteiger charge is -2.11. The third-order valence-corrected chi connectivity index (χ3v) is 3.20. The summed E-state index contributed by atoms with van der Waals surface area (Å²) < 4.78 is 2.73. The first-order valence-electron chi connectivity index (χ1n) is 5.78. The minimum absolute atomic E-state index is 0.583. The molecule has 1 N–H and O–H groups in total. The highest BCUT2D eigenvalue weighted by Gasteiger charge is 2.10. The number of rotatable bonds is 4. The first-order chi connectivity index (χ1) is 8.22. The van der Waals surface area contributed by atoms with Gasteiger partial charge < -0.3 is 0 Å². The quantitative estimate of drug-likeness (QED) is 0.846. The summed E-state index contributed by atoms with van der Waals surface area (Å²) in [5.41, 5.74) is 1.04. The number of H-pyrrole nitrogens is 1. The van der Waals surface area contributed by atoms with E-state index in [0.29, 0.717) is 10.7 Å². The van der Waals surface area contributed by atoms with E-state index in [1.807, 2.05) is 12.1 Å². The minimum Gasteiger partial charge on any atom is -0.300 e. The number of aromatic nitrogens is 4. The van der Waals surface area contributed by atoms with Crippen molar-refractivity contribution in [2.75, 3.05) is 0 Å². The van der Waals surface area contributed by atoms with Gasteiger partial charge in [-0.25, -0.2) is 0 Å². The first-order valence-corrected chi connectivity index (χ1v) is 6.18. The lowest BCUT2D eigenvalue weighted by atomic mass is 10.1. The Hall–Kier alpha value is -1.49. The molecule has 17 heavy (non-hydrogen) atoms. The minimum atomic E-state index is 0.583. The molecule has 90 valence electrons. The molecule has 1 unspecified atom stereocenters. The molecule has 5 heteroatoms. The van der Waals surface area contributed by atoms with Gasteiger partial charge in [-0.1, -0.05) is 20.3 Å². The van der Waals surface area contributed by atoms with Crippen molar-refractivity contribution in [1.29, 1.82) is 0 Å². The van der Waals surface area contributed by atoms with E-state index in [0.717, 1.165) is 24.4 Å². The van der Waals surface area contributed by atoms with E-state index < -0.39 is 0 Å². The molecule has 0 aromatic carbocycles. The Morgan fingerprint density at radius 3 is 2.76 bits per heavy atom. The predicted molar refractivity (Wildman–Crippen MR) is 70.1 cm³/mol. The van der Waals surface area contributed by atoms with Gasteiger partial charge >= 0.3 is 0 Å². The van der Waals surface area contributed by atoms with E-state index in [4.69, 9.17) is 12.2 Å². The molecule has 0 saturated heterocycles. The van der Waals surface area contributed by atoms with Crippen molar-refractivity contribution in [2.45, 2.75) is 26.8 Å². The zero-order valence-electron chi connectivity index (χ0n) is 10.1. The van der Waals surface area contributed by atoms with Gasteiger partial charge in [0.2, 0.25) is 0 Å². The van der Waals surface area contributed by atoms with E-state index in [9.17, 15) is 0 Å². The summed E-state index contributed by atoms with van der Waals surface area (Å²) in [7, 11) is 0. The Bertz CT molecular complexity index is 529. The number of hydrogen-bond donors (Lipinski definition) is 1. The maximum absolute atomic E-state index is 5.27. The van der Waals surface area contributed by atoms with Crippen LogP contribution in [0.2, 0.25) is 0 Å². The molecule has 0 fully saturated rings.